The first-order valence-electron chi connectivity index (χ1n) is 10.5. The maximum Gasteiger partial charge on any atom is 0.263 e. The number of nitrogens with one attached hydrogen (secondary N) is 1. The summed E-state index contributed by atoms with van der Waals surface area (Å²) in [5.41, 5.74) is 1.03. The van der Waals surface area contributed by atoms with Crippen molar-refractivity contribution >= 4 is 38.3 Å². The van der Waals surface area contributed by atoms with E-state index in [9.17, 15) is 8.42 Å². The van der Waals surface area contributed by atoms with Crippen LogP contribution in [0.4, 0.5) is 5.13 Å². The Bertz CT molecular complexity index is 1080. The number of sulfonamides is 1. The van der Waals surface area contributed by atoms with Crippen LogP contribution in [-0.4, -0.2) is 35.3 Å². The number of halogens is 1. The molecule has 0 radical (unpaired) electrons. The SMILES string of the molecule is C[C@@H](c1ccc(S(=O)(=O)Nc2ncns2)cc1Cl)N1CCCC[C@@H]1C1(C)C=CC=CC1. The predicted octanol–water partition coefficient (Wildman–Crippen LogP) is 5.43. The maximum atomic E-state index is 12.7. The van der Waals surface area contributed by atoms with Crippen LogP contribution < -0.4 is 4.72 Å². The van der Waals surface area contributed by atoms with Crippen molar-refractivity contribution in [2.75, 3.05) is 11.3 Å². The number of benzene rings is 1. The van der Waals surface area contributed by atoms with E-state index in [4.69, 9.17) is 11.6 Å². The fraction of sp³-hybridized carbons (Fsp3) is 0.455. The normalized spacial score (nSPS) is 25.5. The van der Waals surface area contributed by atoms with Gasteiger partial charge in [-0.15, -0.1) is 0 Å². The van der Waals surface area contributed by atoms with Gasteiger partial charge in [-0.1, -0.05) is 55.3 Å². The summed E-state index contributed by atoms with van der Waals surface area (Å²) in [6, 6.07) is 5.48. The molecule has 1 aromatic heterocycles. The smallest absolute Gasteiger partial charge is 0.263 e. The van der Waals surface area contributed by atoms with Crippen molar-refractivity contribution < 1.29 is 8.42 Å². The van der Waals surface area contributed by atoms with Crippen molar-refractivity contribution in [2.24, 2.45) is 5.41 Å². The molecule has 9 heteroatoms. The summed E-state index contributed by atoms with van der Waals surface area (Å²) in [7, 11) is -3.77. The number of anilines is 1. The van der Waals surface area contributed by atoms with Gasteiger partial charge >= 0.3 is 0 Å². The van der Waals surface area contributed by atoms with Crippen LogP contribution in [0.3, 0.4) is 0 Å². The van der Waals surface area contributed by atoms with Gasteiger partial charge in [-0.25, -0.2) is 13.4 Å². The lowest BCUT2D eigenvalue weighted by molar-refractivity contribution is 0.0380. The fourth-order valence-electron chi connectivity index (χ4n) is 4.70. The molecule has 1 aliphatic heterocycles. The summed E-state index contributed by atoms with van der Waals surface area (Å²) < 4.78 is 31.6. The van der Waals surface area contributed by atoms with Crippen molar-refractivity contribution in [3.8, 4) is 0 Å². The minimum atomic E-state index is -3.77. The Morgan fingerprint density at radius 2 is 2.16 bits per heavy atom. The number of hydrogen-bond acceptors (Lipinski definition) is 6. The standard InChI is InChI=1S/C22H27ClN4O2S2/c1-16(27-13-7-4-8-20(27)22(2)11-5-3-6-12-22)18-10-9-17(14-19(18)23)31(28,29)26-21-24-15-25-30-21/h3,5-6,9-11,14-16,20H,4,7-8,12-13H2,1-2H3,(H,24,25,26)/t16-,20+,22?/m0/s1. The molecule has 1 N–H and O–H groups in total. The van der Waals surface area contributed by atoms with E-state index in [-0.39, 0.29) is 21.5 Å². The minimum Gasteiger partial charge on any atom is -0.293 e. The molecule has 1 saturated heterocycles. The molecule has 2 heterocycles. The molecule has 4 rings (SSSR count). The zero-order chi connectivity index (χ0) is 22.1. The van der Waals surface area contributed by atoms with E-state index >= 15 is 0 Å². The average molecular weight is 479 g/mol. The Morgan fingerprint density at radius 1 is 1.32 bits per heavy atom. The zero-order valence-corrected chi connectivity index (χ0v) is 20.1. The molecule has 0 spiro atoms. The monoisotopic (exact) mass is 478 g/mol. The van der Waals surface area contributed by atoms with Crippen molar-refractivity contribution in [3.63, 3.8) is 0 Å². The molecule has 1 aliphatic carbocycles. The molecule has 0 amide bonds. The Kier molecular flexibility index (Phi) is 6.53. The Balaban J connectivity index is 1.58. The summed E-state index contributed by atoms with van der Waals surface area (Å²) in [6.07, 6.45) is 14.7. The molecular formula is C22H27ClN4O2S2. The summed E-state index contributed by atoms with van der Waals surface area (Å²) in [4.78, 5) is 6.54. The van der Waals surface area contributed by atoms with E-state index in [1.54, 1.807) is 6.07 Å². The van der Waals surface area contributed by atoms with E-state index < -0.39 is 10.0 Å². The maximum absolute atomic E-state index is 12.7. The average Bonchev–Trinajstić information content (AvgIpc) is 3.26. The molecule has 31 heavy (non-hydrogen) atoms. The quantitative estimate of drug-likeness (QED) is 0.599. The summed E-state index contributed by atoms with van der Waals surface area (Å²) in [5, 5.41) is 0.689. The fourth-order valence-corrected chi connectivity index (χ4v) is 6.79. The van der Waals surface area contributed by atoms with E-state index in [0.717, 1.165) is 42.9 Å². The number of aromatic nitrogens is 2. The van der Waals surface area contributed by atoms with Gasteiger partial charge in [0.1, 0.15) is 6.33 Å². The Morgan fingerprint density at radius 3 is 2.84 bits per heavy atom. The molecule has 3 atom stereocenters. The van der Waals surface area contributed by atoms with Crippen LogP contribution in [0, 0.1) is 5.41 Å². The van der Waals surface area contributed by atoms with Crippen molar-refractivity contribution in [3.05, 3.63) is 59.4 Å². The molecule has 0 saturated carbocycles. The number of likely N-dealkylation sites (tertiary alicyclic amines) is 1. The lowest BCUT2D eigenvalue weighted by Crippen LogP contribution is -2.49. The topological polar surface area (TPSA) is 75.2 Å². The van der Waals surface area contributed by atoms with Gasteiger partial charge in [0.25, 0.3) is 10.0 Å². The molecule has 1 aromatic carbocycles. The highest BCUT2D eigenvalue weighted by molar-refractivity contribution is 7.93. The Labute approximate surface area is 193 Å². The van der Waals surface area contributed by atoms with Crippen LogP contribution in [0.2, 0.25) is 5.02 Å². The second kappa shape index (κ2) is 9.02. The van der Waals surface area contributed by atoms with Crippen LogP contribution in [0.25, 0.3) is 0 Å². The van der Waals surface area contributed by atoms with Gasteiger partial charge in [-0.05, 0) is 50.4 Å². The van der Waals surface area contributed by atoms with E-state index in [1.165, 1.54) is 18.8 Å². The second-order valence-electron chi connectivity index (χ2n) is 8.46. The number of hydrogen-bond donors (Lipinski definition) is 1. The number of allylic oxidation sites excluding steroid dienone is 3. The molecule has 0 bridgehead atoms. The van der Waals surface area contributed by atoms with E-state index in [0.29, 0.717) is 11.1 Å². The molecule has 2 aromatic rings. The third kappa shape index (κ3) is 4.72. The van der Waals surface area contributed by atoms with E-state index in [2.05, 4.69) is 57.1 Å². The number of piperidine rings is 1. The predicted molar refractivity (Wildman–Crippen MR) is 126 cm³/mol. The Hall–Kier alpha value is -1.74. The highest BCUT2D eigenvalue weighted by Gasteiger charge is 2.39. The first-order chi connectivity index (χ1) is 14.8. The lowest BCUT2D eigenvalue weighted by atomic mass is 9.72. The molecular weight excluding hydrogens is 452 g/mol. The van der Waals surface area contributed by atoms with Crippen LogP contribution >= 0.6 is 23.1 Å². The van der Waals surface area contributed by atoms with Gasteiger partial charge in [0, 0.05) is 34.1 Å². The van der Waals surface area contributed by atoms with Gasteiger partial charge in [0.05, 0.1) is 4.90 Å². The van der Waals surface area contributed by atoms with E-state index in [1.807, 2.05) is 6.07 Å². The minimum absolute atomic E-state index is 0.0850. The molecule has 6 nitrogen and oxygen atoms in total. The third-order valence-electron chi connectivity index (χ3n) is 6.40. The highest BCUT2D eigenvalue weighted by Crippen LogP contribution is 2.43. The van der Waals surface area contributed by atoms with Crippen molar-refractivity contribution in [1.82, 2.24) is 14.3 Å². The van der Waals surface area contributed by atoms with Gasteiger partial charge in [-0.3, -0.25) is 9.62 Å². The van der Waals surface area contributed by atoms with Crippen LogP contribution in [0.5, 0.6) is 0 Å². The number of rotatable bonds is 6. The van der Waals surface area contributed by atoms with Gasteiger partial charge < -0.3 is 0 Å². The molecule has 2 aliphatic rings. The number of nitrogens with zero attached hydrogens (tertiary/aromatic N) is 3. The zero-order valence-electron chi connectivity index (χ0n) is 17.7. The summed E-state index contributed by atoms with van der Waals surface area (Å²) >= 11 is 7.62. The molecule has 166 valence electrons. The molecule has 1 fully saturated rings. The van der Waals surface area contributed by atoms with Gasteiger partial charge in [-0.2, -0.15) is 4.37 Å². The summed E-state index contributed by atoms with van der Waals surface area (Å²) in [6.45, 7) is 5.51. The van der Waals surface area contributed by atoms with Gasteiger partial charge in [0.2, 0.25) is 5.13 Å². The summed E-state index contributed by atoms with van der Waals surface area (Å²) in [5.74, 6) is 0. The second-order valence-corrected chi connectivity index (χ2v) is 11.3. The third-order valence-corrected chi connectivity index (χ3v) is 8.77. The van der Waals surface area contributed by atoms with Crippen LogP contribution in [0.1, 0.15) is 51.1 Å². The highest BCUT2D eigenvalue weighted by atomic mass is 35.5. The first kappa shape index (κ1) is 22.5. The largest absolute Gasteiger partial charge is 0.293 e. The van der Waals surface area contributed by atoms with Gasteiger partial charge in [0.15, 0.2) is 0 Å². The van der Waals surface area contributed by atoms with Crippen molar-refractivity contribution in [1.29, 1.82) is 0 Å². The van der Waals surface area contributed by atoms with Crippen LogP contribution in [-0.2, 0) is 10.0 Å². The van der Waals surface area contributed by atoms with Crippen molar-refractivity contribution in [2.45, 2.75) is 56.5 Å². The lowest BCUT2D eigenvalue weighted by Gasteiger charge is -2.48. The first-order valence-corrected chi connectivity index (χ1v) is 13.1. The molecule has 1 unspecified atom stereocenters. The van der Waals surface area contributed by atoms with Crippen LogP contribution in [0.15, 0.2) is 53.7 Å².